The van der Waals surface area contributed by atoms with Gasteiger partial charge in [-0.3, -0.25) is 0 Å². The van der Waals surface area contributed by atoms with Crippen LogP contribution in [0, 0.1) is 0 Å². The van der Waals surface area contributed by atoms with Crippen LogP contribution < -0.4 is 0 Å². The highest BCUT2D eigenvalue weighted by atomic mass is 16.6. The molecule has 5 nitrogen and oxygen atoms in total. The molecule has 0 aliphatic rings. The number of rotatable bonds is 2. The molecule has 0 heterocycles. The Hall–Kier alpha value is -1.10. The molecule has 58 valence electrons. The largest absolute Gasteiger partial charge is 0.461 e. The highest BCUT2D eigenvalue weighted by Crippen LogP contribution is 1.80. The van der Waals surface area contributed by atoms with Gasteiger partial charge in [0.15, 0.2) is 0 Å². The van der Waals surface area contributed by atoms with Crippen LogP contribution in [0.2, 0.25) is 0 Å². The minimum Gasteiger partial charge on any atom is -0.461 e. The van der Waals surface area contributed by atoms with E-state index in [1.165, 1.54) is 0 Å². The lowest BCUT2D eigenvalue weighted by Crippen LogP contribution is -2.20. The third kappa shape index (κ3) is 3.03. The summed E-state index contributed by atoms with van der Waals surface area (Å²) < 4.78 is 8.19. The first-order chi connectivity index (χ1) is 4.72. The number of hydrogen-bond donors (Lipinski definition) is 1. The summed E-state index contributed by atoms with van der Waals surface area (Å²) in [4.78, 5) is 20.6. The Labute approximate surface area is 57.5 Å². The normalized spacial score (nSPS) is 8.60. The van der Waals surface area contributed by atoms with E-state index in [0.717, 1.165) is 7.11 Å². The van der Waals surface area contributed by atoms with Gasteiger partial charge in [-0.2, -0.15) is 0 Å². The van der Waals surface area contributed by atoms with Gasteiger partial charge < -0.3 is 14.6 Å². The van der Waals surface area contributed by atoms with Crippen molar-refractivity contribution in [1.29, 1.82) is 0 Å². The van der Waals surface area contributed by atoms with Crippen LogP contribution in [0.5, 0.6) is 0 Å². The molecule has 0 aromatic heterocycles. The van der Waals surface area contributed by atoms with Crippen LogP contribution in [0.3, 0.4) is 0 Å². The summed E-state index contributed by atoms with van der Waals surface area (Å²) in [6, 6.07) is 0. The average molecular weight is 148 g/mol. The smallest absolute Gasteiger partial charge is 0.417 e. The molecule has 0 amide bonds. The quantitative estimate of drug-likeness (QED) is 0.389. The maximum Gasteiger partial charge on any atom is 0.417 e. The average Bonchev–Trinajstić information content (AvgIpc) is 1.98. The lowest BCUT2D eigenvalue weighted by Gasteiger charge is -1.98. The molecule has 0 aliphatic carbocycles. The molecule has 0 rings (SSSR count). The minimum absolute atomic E-state index is 0.187. The molecule has 0 saturated heterocycles. The Morgan fingerprint density at radius 1 is 1.40 bits per heavy atom. The van der Waals surface area contributed by atoms with Crippen LogP contribution >= 0.6 is 0 Å². The Kier molecular flexibility index (Phi) is 4.23. The van der Waals surface area contributed by atoms with Crippen molar-refractivity contribution in [3.8, 4) is 0 Å². The van der Waals surface area contributed by atoms with E-state index in [0.29, 0.717) is 0 Å². The molecule has 0 aromatic rings. The molecule has 0 atom stereocenters. The first kappa shape index (κ1) is 8.90. The Morgan fingerprint density at radius 3 is 2.40 bits per heavy atom. The van der Waals surface area contributed by atoms with E-state index in [2.05, 4.69) is 9.47 Å². The predicted octanol–water partition coefficient (Wildman–Crippen LogP) is -1.31. The first-order valence-electron chi connectivity index (χ1n) is 2.58. The fourth-order valence-electron chi connectivity index (χ4n) is 0.281. The summed E-state index contributed by atoms with van der Waals surface area (Å²) in [5.41, 5.74) is 0. The zero-order valence-electron chi connectivity index (χ0n) is 5.49. The van der Waals surface area contributed by atoms with Crippen molar-refractivity contribution in [2.45, 2.75) is 0 Å². The van der Waals surface area contributed by atoms with Crippen LogP contribution in [0.1, 0.15) is 0 Å². The molecule has 0 saturated carbocycles. The summed E-state index contributed by atoms with van der Waals surface area (Å²) in [5.74, 6) is -2.15. The lowest BCUT2D eigenvalue weighted by atomic mass is 10.7. The molecule has 0 unspecified atom stereocenters. The molecule has 0 aliphatic heterocycles. The number of ether oxygens (including phenoxy) is 2. The van der Waals surface area contributed by atoms with Gasteiger partial charge in [0.1, 0.15) is 6.61 Å². The summed E-state index contributed by atoms with van der Waals surface area (Å²) in [7, 11) is 1.07. The van der Waals surface area contributed by atoms with Crippen LogP contribution in [-0.2, 0) is 19.1 Å². The van der Waals surface area contributed by atoms with Crippen molar-refractivity contribution >= 4 is 11.9 Å². The van der Waals surface area contributed by atoms with E-state index in [-0.39, 0.29) is 13.2 Å². The summed E-state index contributed by atoms with van der Waals surface area (Å²) in [5, 5.41) is 8.14. The highest BCUT2D eigenvalue weighted by Gasteiger charge is 2.14. The molecule has 0 bridgehead atoms. The summed E-state index contributed by atoms with van der Waals surface area (Å²) >= 11 is 0. The van der Waals surface area contributed by atoms with Gasteiger partial charge in [-0.25, -0.2) is 9.59 Å². The molecule has 5 heteroatoms. The molecule has 0 radical (unpaired) electrons. The molecular formula is C5H8O5. The summed E-state index contributed by atoms with van der Waals surface area (Å²) in [6.45, 7) is -0.489. The molecule has 0 aromatic carbocycles. The van der Waals surface area contributed by atoms with Crippen molar-refractivity contribution in [3.05, 3.63) is 0 Å². The molecule has 0 spiro atoms. The third-order valence-corrected chi connectivity index (χ3v) is 0.677. The molecular weight excluding hydrogens is 140 g/mol. The lowest BCUT2D eigenvalue weighted by molar-refractivity contribution is -0.166. The van der Waals surface area contributed by atoms with Gasteiger partial charge in [0.05, 0.1) is 13.7 Å². The fourth-order valence-corrected chi connectivity index (χ4v) is 0.281. The Morgan fingerprint density at radius 2 is 2.00 bits per heavy atom. The van der Waals surface area contributed by atoms with Gasteiger partial charge >= 0.3 is 11.9 Å². The molecule has 0 fully saturated rings. The second-order valence-corrected chi connectivity index (χ2v) is 1.35. The number of aliphatic hydroxyl groups excluding tert-OH is 1. The van der Waals surface area contributed by atoms with Gasteiger partial charge in [0, 0.05) is 0 Å². The first-order valence-corrected chi connectivity index (χ1v) is 2.58. The Balaban J connectivity index is 3.52. The minimum atomic E-state index is -1.09. The van der Waals surface area contributed by atoms with Gasteiger partial charge in [-0.1, -0.05) is 0 Å². The predicted molar refractivity (Wildman–Crippen MR) is 30.1 cm³/mol. The van der Waals surface area contributed by atoms with Crippen LogP contribution in [-0.4, -0.2) is 37.4 Å². The highest BCUT2D eigenvalue weighted by molar-refractivity contribution is 6.29. The second-order valence-electron chi connectivity index (χ2n) is 1.35. The second kappa shape index (κ2) is 4.75. The van der Waals surface area contributed by atoms with Gasteiger partial charge in [0.25, 0.3) is 0 Å². The number of hydrogen-bond acceptors (Lipinski definition) is 5. The third-order valence-electron chi connectivity index (χ3n) is 0.677. The van der Waals surface area contributed by atoms with Crippen molar-refractivity contribution in [1.82, 2.24) is 0 Å². The summed E-state index contributed by atoms with van der Waals surface area (Å²) in [6.07, 6.45) is 0. The van der Waals surface area contributed by atoms with Crippen molar-refractivity contribution in [2.24, 2.45) is 0 Å². The maximum absolute atomic E-state index is 10.3. The van der Waals surface area contributed by atoms with Crippen LogP contribution in [0.15, 0.2) is 0 Å². The Bertz CT molecular complexity index is 130. The maximum atomic E-state index is 10.3. The zero-order chi connectivity index (χ0) is 7.98. The van der Waals surface area contributed by atoms with E-state index in [1.54, 1.807) is 0 Å². The van der Waals surface area contributed by atoms with Crippen molar-refractivity contribution in [3.63, 3.8) is 0 Å². The number of carbonyl (C=O) groups is 2. The van der Waals surface area contributed by atoms with E-state index in [9.17, 15) is 9.59 Å². The topological polar surface area (TPSA) is 72.8 Å². The van der Waals surface area contributed by atoms with Gasteiger partial charge in [0.2, 0.25) is 0 Å². The van der Waals surface area contributed by atoms with E-state index >= 15 is 0 Å². The number of esters is 2. The number of methoxy groups -OCH3 is 1. The zero-order valence-corrected chi connectivity index (χ0v) is 5.49. The molecule has 10 heavy (non-hydrogen) atoms. The molecule has 1 N–H and O–H groups in total. The van der Waals surface area contributed by atoms with Gasteiger partial charge in [-0.15, -0.1) is 0 Å². The SMILES string of the molecule is COC(=O)C(=O)OCCO. The number of aliphatic hydroxyl groups is 1. The van der Waals surface area contributed by atoms with E-state index in [4.69, 9.17) is 5.11 Å². The standard InChI is InChI=1S/C5H8O5/c1-9-4(7)5(8)10-3-2-6/h6H,2-3H2,1H3. The van der Waals surface area contributed by atoms with Gasteiger partial charge in [-0.05, 0) is 0 Å². The van der Waals surface area contributed by atoms with Crippen molar-refractivity contribution in [2.75, 3.05) is 20.3 Å². The van der Waals surface area contributed by atoms with Crippen LogP contribution in [0.25, 0.3) is 0 Å². The van der Waals surface area contributed by atoms with Crippen molar-refractivity contribution < 1.29 is 24.2 Å². The number of carbonyl (C=O) groups excluding carboxylic acids is 2. The van der Waals surface area contributed by atoms with E-state index in [1.807, 2.05) is 0 Å². The van der Waals surface area contributed by atoms with Crippen LogP contribution in [0.4, 0.5) is 0 Å². The van der Waals surface area contributed by atoms with E-state index < -0.39 is 11.9 Å². The monoisotopic (exact) mass is 148 g/mol. The fraction of sp³-hybridized carbons (Fsp3) is 0.600.